The van der Waals surface area contributed by atoms with Gasteiger partial charge in [0.1, 0.15) is 4.60 Å². The number of pyridine rings is 1. The zero-order chi connectivity index (χ0) is 9.68. The van der Waals surface area contributed by atoms with Crippen LogP contribution >= 0.6 is 15.9 Å². The average Bonchev–Trinajstić information content (AvgIpc) is 2.09. The lowest BCUT2D eigenvalue weighted by Crippen LogP contribution is -2.10. The van der Waals surface area contributed by atoms with Gasteiger partial charge < -0.3 is 9.47 Å². The van der Waals surface area contributed by atoms with Gasteiger partial charge in [0.05, 0.1) is 6.61 Å². The first-order chi connectivity index (χ1) is 6.24. The normalized spacial score (nSPS) is 9.38. The molecule has 0 radical (unpaired) electrons. The fraction of sp³-hybridized carbons (Fsp3) is 0.250. The summed E-state index contributed by atoms with van der Waals surface area (Å²) in [5.74, 6) is 0.348. The minimum Gasteiger partial charge on any atom is -0.434 e. The van der Waals surface area contributed by atoms with Crippen molar-refractivity contribution in [3.63, 3.8) is 0 Å². The van der Waals surface area contributed by atoms with Crippen molar-refractivity contribution in [2.75, 3.05) is 6.61 Å². The molecule has 1 rings (SSSR count). The summed E-state index contributed by atoms with van der Waals surface area (Å²) in [6.07, 6.45) is 0.860. The molecule has 1 heterocycles. The quantitative estimate of drug-likeness (QED) is 0.593. The molecule has 1 aromatic heterocycles. The van der Waals surface area contributed by atoms with Crippen LogP contribution in [-0.2, 0) is 4.74 Å². The van der Waals surface area contributed by atoms with Gasteiger partial charge in [-0.3, -0.25) is 0 Å². The number of nitrogens with zero attached hydrogens (tertiary/aromatic N) is 1. The molecule has 0 saturated heterocycles. The van der Waals surface area contributed by atoms with Crippen molar-refractivity contribution < 1.29 is 14.3 Å². The van der Waals surface area contributed by atoms with Gasteiger partial charge in [0.15, 0.2) is 5.75 Å². The predicted molar refractivity (Wildman–Crippen MR) is 49.6 cm³/mol. The number of carbonyl (C=O) groups is 1. The molecule has 0 aliphatic rings. The Kier molecular flexibility index (Phi) is 3.70. The van der Waals surface area contributed by atoms with E-state index in [4.69, 9.17) is 4.74 Å². The highest BCUT2D eigenvalue weighted by atomic mass is 79.9. The van der Waals surface area contributed by atoms with Crippen molar-refractivity contribution in [3.8, 4) is 5.75 Å². The van der Waals surface area contributed by atoms with Crippen molar-refractivity contribution in [3.05, 3.63) is 22.9 Å². The van der Waals surface area contributed by atoms with Crippen LogP contribution in [0.4, 0.5) is 4.79 Å². The number of hydrogen-bond acceptors (Lipinski definition) is 4. The highest BCUT2D eigenvalue weighted by Gasteiger charge is 2.07. The first-order valence-electron chi connectivity index (χ1n) is 3.69. The molecule has 0 fully saturated rings. The first kappa shape index (κ1) is 9.98. The second-order valence-electron chi connectivity index (χ2n) is 2.08. The lowest BCUT2D eigenvalue weighted by atomic mass is 10.5. The van der Waals surface area contributed by atoms with Crippen LogP contribution in [-0.4, -0.2) is 17.7 Å². The van der Waals surface area contributed by atoms with E-state index in [1.165, 1.54) is 0 Å². The molecule has 0 bridgehead atoms. The van der Waals surface area contributed by atoms with E-state index in [0.717, 1.165) is 0 Å². The van der Waals surface area contributed by atoms with E-state index >= 15 is 0 Å². The monoisotopic (exact) mass is 245 g/mol. The molecular weight excluding hydrogens is 238 g/mol. The molecule has 4 nitrogen and oxygen atoms in total. The standard InChI is InChI=1S/C8H8BrNO3/c1-2-12-8(11)13-6-4-3-5-10-7(6)9/h3-5H,2H2,1H3. The average molecular weight is 246 g/mol. The predicted octanol–water partition coefficient (Wildman–Crippen LogP) is 2.38. The van der Waals surface area contributed by atoms with Crippen molar-refractivity contribution >= 4 is 22.1 Å². The Balaban J connectivity index is 2.63. The Morgan fingerprint density at radius 1 is 1.69 bits per heavy atom. The van der Waals surface area contributed by atoms with E-state index in [9.17, 15) is 4.79 Å². The fourth-order valence-electron chi connectivity index (χ4n) is 0.685. The number of carbonyl (C=O) groups excluding carboxylic acids is 1. The number of ether oxygens (including phenoxy) is 2. The van der Waals surface area contributed by atoms with Gasteiger partial charge in [-0.15, -0.1) is 0 Å². The summed E-state index contributed by atoms with van der Waals surface area (Å²) in [5.41, 5.74) is 0. The van der Waals surface area contributed by atoms with E-state index in [1.807, 2.05) is 0 Å². The van der Waals surface area contributed by atoms with E-state index in [2.05, 4.69) is 25.7 Å². The Morgan fingerprint density at radius 2 is 2.46 bits per heavy atom. The van der Waals surface area contributed by atoms with E-state index in [-0.39, 0.29) is 6.61 Å². The highest BCUT2D eigenvalue weighted by Crippen LogP contribution is 2.21. The number of halogens is 1. The topological polar surface area (TPSA) is 48.4 Å². The van der Waals surface area contributed by atoms with Crippen LogP contribution in [0.3, 0.4) is 0 Å². The van der Waals surface area contributed by atoms with Crippen LogP contribution in [0.25, 0.3) is 0 Å². The van der Waals surface area contributed by atoms with Crippen molar-refractivity contribution in [2.24, 2.45) is 0 Å². The molecule has 1 aromatic rings. The smallest absolute Gasteiger partial charge is 0.434 e. The Labute approximate surface area is 84.0 Å². The Hall–Kier alpha value is -1.10. The largest absolute Gasteiger partial charge is 0.513 e. The summed E-state index contributed by atoms with van der Waals surface area (Å²) < 4.78 is 9.88. The molecule has 0 saturated carbocycles. The van der Waals surface area contributed by atoms with Gasteiger partial charge in [-0.25, -0.2) is 9.78 Å². The molecule has 0 aliphatic heterocycles. The highest BCUT2D eigenvalue weighted by molar-refractivity contribution is 9.10. The van der Waals surface area contributed by atoms with Gasteiger partial charge in [-0.1, -0.05) is 0 Å². The van der Waals surface area contributed by atoms with Crippen LogP contribution in [0.1, 0.15) is 6.92 Å². The zero-order valence-electron chi connectivity index (χ0n) is 6.99. The maximum absolute atomic E-state index is 10.9. The molecule has 0 atom stereocenters. The molecular formula is C8H8BrNO3. The summed E-state index contributed by atoms with van der Waals surface area (Å²) in [7, 11) is 0. The summed E-state index contributed by atoms with van der Waals surface area (Å²) in [5, 5.41) is 0. The van der Waals surface area contributed by atoms with Crippen LogP contribution in [0.2, 0.25) is 0 Å². The summed E-state index contributed by atoms with van der Waals surface area (Å²) in [6.45, 7) is 2.00. The Morgan fingerprint density at radius 3 is 3.08 bits per heavy atom. The first-order valence-corrected chi connectivity index (χ1v) is 4.48. The molecule has 0 amide bonds. The van der Waals surface area contributed by atoms with Gasteiger partial charge in [0, 0.05) is 6.20 Å². The second-order valence-corrected chi connectivity index (χ2v) is 2.83. The maximum Gasteiger partial charge on any atom is 0.513 e. The Bertz CT molecular complexity index is 303. The summed E-state index contributed by atoms with van der Waals surface area (Å²) in [4.78, 5) is 14.7. The summed E-state index contributed by atoms with van der Waals surface area (Å²) >= 11 is 3.13. The third-order valence-corrected chi connectivity index (χ3v) is 1.78. The van der Waals surface area contributed by atoms with Crippen LogP contribution in [0.5, 0.6) is 5.75 Å². The SMILES string of the molecule is CCOC(=O)Oc1cccnc1Br. The van der Waals surface area contributed by atoms with E-state index < -0.39 is 6.16 Å². The molecule has 13 heavy (non-hydrogen) atoms. The lowest BCUT2D eigenvalue weighted by molar-refractivity contribution is 0.104. The lowest BCUT2D eigenvalue weighted by Gasteiger charge is -2.04. The van der Waals surface area contributed by atoms with Gasteiger partial charge >= 0.3 is 6.16 Å². The van der Waals surface area contributed by atoms with Crippen LogP contribution in [0, 0.1) is 0 Å². The van der Waals surface area contributed by atoms with Crippen molar-refractivity contribution in [1.82, 2.24) is 4.98 Å². The molecule has 0 aromatic carbocycles. The molecule has 0 spiro atoms. The van der Waals surface area contributed by atoms with Gasteiger partial charge in [-0.05, 0) is 35.0 Å². The van der Waals surface area contributed by atoms with Crippen molar-refractivity contribution in [1.29, 1.82) is 0 Å². The number of hydrogen-bond donors (Lipinski definition) is 0. The van der Waals surface area contributed by atoms with Gasteiger partial charge in [0.2, 0.25) is 0 Å². The molecule has 0 unspecified atom stereocenters. The summed E-state index contributed by atoms with van der Waals surface area (Å²) in [6, 6.07) is 3.29. The van der Waals surface area contributed by atoms with E-state index in [1.54, 1.807) is 25.3 Å². The van der Waals surface area contributed by atoms with Crippen LogP contribution < -0.4 is 4.74 Å². The minimum atomic E-state index is -0.726. The maximum atomic E-state index is 10.9. The third-order valence-electron chi connectivity index (χ3n) is 1.18. The third kappa shape index (κ3) is 3.02. The molecule has 70 valence electrons. The van der Waals surface area contributed by atoms with Gasteiger partial charge in [-0.2, -0.15) is 0 Å². The molecule has 5 heteroatoms. The van der Waals surface area contributed by atoms with E-state index in [0.29, 0.717) is 10.4 Å². The van der Waals surface area contributed by atoms with Crippen LogP contribution in [0.15, 0.2) is 22.9 Å². The molecule has 0 N–H and O–H groups in total. The number of rotatable bonds is 2. The zero-order valence-corrected chi connectivity index (χ0v) is 8.58. The number of aromatic nitrogens is 1. The van der Waals surface area contributed by atoms with Gasteiger partial charge in [0.25, 0.3) is 0 Å². The molecule has 0 aliphatic carbocycles. The van der Waals surface area contributed by atoms with Crippen molar-refractivity contribution in [2.45, 2.75) is 6.92 Å². The second kappa shape index (κ2) is 4.81. The minimum absolute atomic E-state index is 0.288. The fourth-order valence-corrected chi connectivity index (χ4v) is 1.02.